The lowest BCUT2D eigenvalue weighted by Gasteiger charge is -2.01. The molecule has 0 aliphatic rings. The average molecular weight is 296 g/mol. The van der Waals surface area contributed by atoms with E-state index in [0.29, 0.717) is 5.75 Å². The van der Waals surface area contributed by atoms with Crippen LogP contribution < -0.4 is 5.73 Å². The second kappa shape index (κ2) is 5.98. The second-order valence-corrected chi connectivity index (χ2v) is 5.74. The number of hydrogen-bond donors (Lipinski definition) is 1. The van der Waals surface area contributed by atoms with E-state index in [1.807, 2.05) is 6.92 Å². The van der Waals surface area contributed by atoms with Gasteiger partial charge in [-0.15, -0.1) is 0 Å². The number of hydrogen-bond acceptors (Lipinski definition) is 7. The van der Waals surface area contributed by atoms with Crippen molar-refractivity contribution in [3.05, 3.63) is 39.7 Å². The Bertz CT molecular complexity index is 600. The number of nitrogens with two attached hydrogens (primary N) is 1. The van der Waals surface area contributed by atoms with Crippen LogP contribution in [0.25, 0.3) is 0 Å². The molecule has 1 aromatic heterocycles. The van der Waals surface area contributed by atoms with Gasteiger partial charge >= 0.3 is 0 Å². The van der Waals surface area contributed by atoms with Crippen LogP contribution in [0, 0.1) is 10.1 Å². The van der Waals surface area contributed by atoms with Crippen LogP contribution in [0.2, 0.25) is 0 Å². The smallest absolute Gasteiger partial charge is 0.292 e. The zero-order valence-corrected chi connectivity index (χ0v) is 11.8. The molecule has 0 unspecified atom stereocenters. The number of nitrogen functional groups attached to an aromatic ring is 1. The van der Waals surface area contributed by atoms with Crippen LogP contribution in [0.15, 0.2) is 22.5 Å². The average Bonchev–Trinajstić information content (AvgIpc) is 2.84. The molecule has 0 saturated heterocycles. The molecular formula is C11H12N4O2S2. The number of nitro groups is 1. The van der Waals surface area contributed by atoms with Crippen LogP contribution in [0.4, 0.5) is 11.4 Å². The summed E-state index contributed by atoms with van der Waals surface area (Å²) in [6, 6.07) is 4.78. The Morgan fingerprint density at radius 1 is 1.53 bits per heavy atom. The minimum atomic E-state index is -0.482. The molecule has 100 valence electrons. The zero-order chi connectivity index (χ0) is 13.8. The highest BCUT2D eigenvalue weighted by molar-refractivity contribution is 8.00. The van der Waals surface area contributed by atoms with Crippen molar-refractivity contribution in [2.24, 2.45) is 0 Å². The number of aromatic nitrogens is 2. The first-order chi connectivity index (χ1) is 9.10. The summed E-state index contributed by atoms with van der Waals surface area (Å²) in [7, 11) is 0. The molecule has 0 saturated carbocycles. The summed E-state index contributed by atoms with van der Waals surface area (Å²) >= 11 is 2.92. The number of nitrogens with zero attached hydrogens (tertiary/aromatic N) is 3. The molecule has 0 radical (unpaired) electrons. The fourth-order valence-corrected chi connectivity index (χ4v) is 3.08. The predicted molar refractivity (Wildman–Crippen MR) is 76.4 cm³/mol. The lowest BCUT2D eigenvalue weighted by Crippen LogP contribution is -1.96. The van der Waals surface area contributed by atoms with Crippen LogP contribution in [0.1, 0.15) is 18.3 Å². The predicted octanol–water partition coefficient (Wildman–Crippen LogP) is 2.88. The van der Waals surface area contributed by atoms with E-state index in [0.717, 1.165) is 22.1 Å². The number of rotatable bonds is 5. The van der Waals surface area contributed by atoms with Crippen LogP contribution in [0.3, 0.4) is 0 Å². The normalized spacial score (nSPS) is 10.6. The molecule has 0 atom stereocenters. The van der Waals surface area contributed by atoms with Gasteiger partial charge in [0.2, 0.25) is 0 Å². The van der Waals surface area contributed by atoms with Crippen LogP contribution in [0.5, 0.6) is 0 Å². The molecule has 1 aromatic carbocycles. The fourth-order valence-electron chi connectivity index (χ4n) is 1.45. The van der Waals surface area contributed by atoms with Crippen LogP contribution in [-0.4, -0.2) is 14.3 Å². The van der Waals surface area contributed by atoms with Crippen LogP contribution in [-0.2, 0) is 12.2 Å². The summed E-state index contributed by atoms with van der Waals surface area (Å²) in [4.78, 5) is 14.5. The minimum absolute atomic E-state index is 0.0575. The molecule has 6 nitrogen and oxygen atoms in total. The van der Waals surface area contributed by atoms with Crippen molar-refractivity contribution in [1.29, 1.82) is 0 Å². The van der Waals surface area contributed by atoms with Crippen molar-refractivity contribution in [2.75, 3.05) is 5.73 Å². The third-order valence-electron chi connectivity index (χ3n) is 2.42. The van der Waals surface area contributed by atoms with Gasteiger partial charge < -0.3 is 5.73 Å². The van der Waals surface area contributed by atoms with Gasteiger partial charge in [0.05, 0.1) is 4.92 Å². The Kier molecular flexibility index (Phi) is 4.33. The Hall–Kier alpha value is -1.67. The zero-order valence-electron chi connectivity index (χ0n) is 10.2. The third kappa shape index (κ3) is 3.42. The number of thioether (sulfide) groups is 1. The molecule has 0 amide bonds. The molecule has 2 rings (SSSR count). The fraction of sp³-hybridized carbons (Fsp3) is 0.273. The third-order valence-corrected chi connectivity index (χ3v) is 4.36. The van der Waals surface area contributed by atoms with Gasteiger partial charge in [-0.05, 0) is 23.2 Å². The van der Waals surface area contributed by atoms with E-state index in [-0.39, 0.29) is 11.4 Å². The number of nitro benzene ring substituents is 1. The molecule has 0 aliphatic carbocycles. The summed E-state index contributed by atoms with van der Waals surface area (Å²) in [6.07, 6.45) is 0.821. The highest BCUT2D eigenvalue weighted by Crippen LogP contribution is 2.28. The van der Waals surface area contributed by atoms with Gasteiger partial charge in [0.1, 0.15) is 11.5 Å². The van der Waals surface area contributed by atoms with Gasteiger partial charge in [0, 0.05) is 18.2 Å². The largest absolute Gasteiger partial charge is 0.393 e. The summed E-state index contributed by atoms with van der Waals surface area (Å²) in [5, 5.41) is 10.7. The maximum absolute atomic E-state index is 10.7. The van der Waals surface area contributed by atoms with E-state index in [9.17, 15) is 10.1 Å². The Morgan fingerprint density at radius 3 is 2.89 bits per heavy atom. The van der Waals surface area contributed by atoms with E-state index in [4.69, 9.17) is 5.73 Å². The molecule has 8 heteroatoms. The number of benzene rings is 1. The van der Waals surface area contributed by atoms with Gasteiger partial charge in [-0.3, -0.25) is 10.1 Å². The monoisotopic (exact) mass is 296 g/mol. The summed E-state index contributed by atoms with van der Waals surface area (Å²) in [5.74, 6) is 1.51. The van der Waals surface area contributed by atoms with Crippen molar-refractivity contribution in [3.8, 4) is 0 Å². The van der Waals surface area contributed by atoms with Crippen LogP contribution >= 0.6 is 23.3 Å². The highest BCUT2D eigenvalue weighted by atomic mass is 32.2. The SMILES string of the molecule is CCc1nsc(SCc2ccc([N+](=O)[O-])c(N)c2)n1. The topological polar surface area (TPSA) is 94.9 Å². The Balaban J connectivity index is 2.03. The van der Waals surface area contributed by atoms with Crippen molar-refractivity contribution in [3.63, 3.8) is 0 Å². The summed E-state index contributed by atoms with van der Waals surface area (Å²) in [5.41, 5.74) is 6.70. The van der Waals surface area contributed by atoms with Crippen molar-refractivity contribution in [1.82, 2.24) is 9.36 Å². The Morgan fingerprint density at radius 2 is 2.32 bits per heavy atom. The van der Waals surface area contributed by atoms with E-state index in [1.54, 1.807) is 23.9 Å². The molecule has 0 fully saturated rings. The summed E-state index contributed by atoms with van der Waals surface area (Å²) in [6.45, 7) is 2.01. The second-order valence-electron chi connectivity index (χ2n) is 3.77. The van der Waals surface area contributed by atoms with E-state index < -0.39 is 4.92 Å². The molecule has 2 N–H and O–H groups in total. The first-order valence-electron chi connectivity index (χ1n) is 5.58. The molecule has 0 spiro atoms. The molecule has 1 heterocycles. The molecule has 0 aliphatic heterocycles. The van der Waals surface area contributed by atoms with Gasteiger partial charge in [0.25, 0.3) is 5.69 Å². The Labute approximate surface area is 118 Å². The van der Waals surface area contributed by atoms with Gasteiger partial charge in [-0.25, -0.2) is 4.98 Å². The lowest BCUT2D eigenvalue weighted by molar-refractivity contribution is -0.383. The maximum atomic E-state index is 10.7. The maximum Gasteiger partial charge on any atom is 0.292 e. The van der Waals surface area contributed by atoms with E-state index in [2.05, 4.69) is 9.36 Å². The lowest BCUT2D eigenvalue weighted by atomic mass is 10.2. The number of anilines is 1. The van der Waals surface area contributed by atoms with Gasteiger partial charge in [-0.1, -0.05) is 24.8 Å². The molecule has 0 bridgehead atoms. The highest BCUT2D eigenvalue weighted by Gasteiger charge is 2.11. The van der Waals surface area contributed by atoms with Crippen molar-refractivity contribution >= 4 is 34.7 Å². The quantitative estimate of drug-likeness (QED) is 0.394. The van der Waals surface area contributed by atoms with E-state index >= 15 is 0 Å². The van der Waals surface area contributed by atoms with Crippen molar-refractivity contribution in [2.45, 2.75) is 23.4 Å². The molecule has 19 heavy (non-hydrogen) atoms. The number of aryl methyl sites for hydroxylation is 1. The molecule has 2 aromatic rings. The first-order valence-corrected chi connectivity index (χ1v) is 7.34. The molecular weight excluding hydrogens is 284 g/mol. The van der Waals surface area contributed by atoms with Gasteiger partial charge in [-0.2, -0.15) is 4.37 Å². The van der Waals surface area contributed by atoms with Crippen molar-refractivity contribution < 1.29 is 4.92 Å². The summed E-state index contributed by atoms with van der Waals surface area (Å²) < 4.78 is 5.09. The van der Waals surface area contributed by atoms with Gasteiger partial charge in [0.15, 0.2) is 4.34 Å². The first kappa shape index (κ1) is 13.8. The standard InChI is InChI=1S/C11H12N4O2S2/c1-2-10-13-11(19-14-10)18-6-7-3-4-9(15(16)17)8(12)5-7/h3-5H,2,6,12H2,1H3. The minimum Gasteiger partial charge on any atom is -0.393 e. The van der Waals surface area contributed by atoms with E-state index in [1.165, 1.54) is 17.6 Å².